The molecule has 0 aliphatic rings. The molecule has 0 spiro atoms. The zero-order valence-corrected chi connectivity index (χ0v) is 8.40. The van der Waals surface area contributed by atoms with Gasteiger partial charge in [-0.15, -0.1) is 11.6 Å². The van der Waals surface area contributed by atoms with E-state index in [9.17, 15) is 4.79 Å². The second-order valence-corrected chi connectivity index (χ2v) is 3.01. The Labute approximate surface area is 79.0 Å². The van der Waals surface area contributed by atoms with Crippen LogP contribution in [0.4, 0.5) is 0 Å². The van der Waals surface area contributed by atoms with Crippen molar-refractivity contribution in [1.29, 1.82) is 0 Å². The van der Waals surface area contributed by atoms with Gasteiger partial charge in [0.25, 0.3) is 0 Å². The van der Waals surface area contributed by atoms with E-state index in [0.717, 1.165) is 6.42 Å². The number of amides is 1. The standard InChI is InChI=1S/C9H16ClNO/c1-3-4-5-6-11-9(12)8(2)7-10/h3-4,8H,5-7H2,1-2H3,(H,11,12)/b4-3+. The summed E-state index contributed by atoms with van der Waals surface area (Å²) in [4.78, 5) is 11.1. The fourth-order valence-electron chi connectivity index (χ4n) is 0.690. The quantitative estimate of drug-likeness (QED) is 0.400. The van der Waals surface area contributed by atoms with Crippen molar-refractivity contribution in [3.63, 3.8) is 0 Å². The summed E-state index contributed by atoms with van der Waals surface area (Å²) >= 11 is 5.51. The van der Waals surface area contributed by atoms with Crippen molar-refractivity contribution >= 4 is 17.5 Å². The highest BCUT2D eigenvalue weighted by atomic mass is 35.5. The van der Waals surface area contributed by atoms with Gasteiger partial charge in [-0.25, -0.2) is 0 Å². The van der Waals surface area contributed by atoms with Gasteiger partial charge in [-0.3, -0.25) is 4.79 Å². The van der Waals surface area contributed by atoms with Gasteiger partial charge in [0.05, 0.1) is 0 Å². The average Bonchev–Trinajstić information content (AvgIpc) is 2.10. The normalized spacial score (nSPS) is 13.2. The number of hydrogen-bond donors (Lipinski definition) is 1. The van der Waals surface area contributed by atoms with Crippen molar-refractivity contribution < 1.29 is 4.79 Å². The smallest absolute Gasteiger partial charge is 0.224 e. The molecule has 0 saturated heterocycles. The van der Waals surface area contributed by atoms with E-state index >= 15 is 0 Å². The third kappa shape index (κ3) is 5.19. The second-order valence-electron chi connectivity index (χ2n) is 2.70. The van der Waals surface area contributed by atoms with Crippen molar-refractivity contribution in [2.45, 2.75) is 20.3 Å². The monoisotopic (exact) mass is 189 g/mol. The molecule has 0 aromatic heterocycles. The van der Waals surface area contributed by atoms with Crippen molar-refractivity contribution in [2.75, 3.05) is 12.4 Å². The molecule has 0 aliphatic carbocycles. The van der Waals surface area contributed by atoms with Crippen LogP contribution in [-0.2, 0) is 4.79 Å². The van der Waals surface area contributed by atoms with Crippen LogP contribution in [0.3, 0.4) is 0 Å². The molecule has 0 bridgehead atoms. The molecule has 0 saturated carbocycles. The van der Waals surface area contributed by atoms with Gasteiger partial charge in [0, 0.05) is 18.3 Å². The van der Waals surface area contributed by atoms with E-state index in [1.165, 1.54) is 0 Å². The first-order chi connectivity index (χ1) is 5.72. The van der Waals surface area contributed by atoms with Gasteiger partial charge in [-0.2, -0.15) is 0 Å². The topological polar surface area (TPSA) is 29.1 Å². The molecule has 0 radical (unpaired) electrons. The molecule has 70 valence electrons. The predicted molar refractivity (Wildman–Crippen MR) is 52.3 cm³/mol. The van der Waals surface area contributed by atoms with Crippen LogP contribution in [0.1, 0.15) is 20.3 Å². The zero-order chi connectivity index (χ0) is 9.40. The minimum atomic E-state index is -0.0859. The number of carbonyl (C=O) groups is 1. The maximum absolute atomic E-state index is 11.1. The summed E-state index contributed by atoms with van der Waals surface area (Å²) in [6, 6.07) is 0. The first-order valence-corrected chi connectivity index (χ1v) is 4.70. The number of nitrogens with one attached hydrogen (secondary N) is 1. The summed E-state index contributed by atoms with van der Waals surface area (Å²) < 4.78 is 0. The molecule has 1 unspecified atom stereocenters. The highest BCUT2D eigenvalue weighted by Crippen LogP contribution is 1.96. The zero-order valence-electron chi connectivity index (χ0n) is 7.64. The van der Waals surface area contributed by atoms with Crippen molar-refractivity contribution in [3.05, 3.63) is 12.2 Å². The minimum Gasteiger partial charge on any atom is -0.356 e. The fourth-order valence-corrected chi connectivity index (χ4v) is 0.830. The van der Waals surface area contributed by atoms with Gasteiger partial charge in [-0.1, -0.05) is 19.1 Å². The second kappa shape index (κ2) is 7.17. The predicted octanol–water partition coefficient (Wildman–Crippen LogP) is 1.94. The highest BCUT2D eigenvalue weighted by Gasteiger charge is 2.09. The van der Waals surface area contributed by atoms with Crippen LogP contribution < -0.4 is 5.32 Å². The number of halogens is 1. The molecule has 2 nitrogen and oxygen atoms in total. The molecule has 0 heterocycles. The van der Waals surface area contributed by atoms with Crippen molar-refractivity contribution in [1.82, 2.24) is 5.32 Å². The Morgan fingerprint density at radius 1 is 1.67 bits per heavy atom. The summed E-state index contributed by atoms with van der Waals surface area (Å²) in [5, 5.41) is 2.79. The van der Waals surface area contributed by atoms with Gasteiger partial charge < -0.3 is 5.32 Å². The lowest BCUT2D eigenvalue weighted by molar-refractivity contribution is -0.123. The van der Waals surface area contributed by atoms with Crippen LogP contribution in [0.2, 0.25) is 0 Å². The Bertz CT molecular complexity index is 157. The summed E-state index contributed by atoms with van der Waals surface area (Å²) in [5.74, 6) is 0.335. The van der Waals surface area contributed by atoms with Gasteiger partial charge >= 0.3 is 0 Å². The summed E-state index contributed by atoms with van der Waals surface area (Å²) in [6.45, 7) is 4.48. The Morgan fingerprint density at radius 3 is 2.83 bits per heavy atom. The van der Waals surface area contributed by atoms with Crippen LogP contribution in [0, 0.1) is 5.92 Å². The van der Waals surface area contributed by atoms with Crippen LogP contribution in [0.5, 0.6) is 0 Å². The van der Waals surface area contributed by atoms with Gasteiger partial charge in [0.15, 0.2) is 0 Å². The number of allylic oxidation sites excluding steroid dienone is 1. The van der Waals surface area contributed by atoms with Crippen LogP contribution in [0.15, 0.2) is 12.2 Å². The minimum absolute atomic E-state index is 0.0366. The maximum Gasteiger partial charge on any atom is 0.224 e. The average molecular weight is 190 g/mol. The third-order valence-corrected chi connectivity index (χ3v) is 1.99. The molecular weight excluding hydrogens is 174 g/mol. The van der Waals surface area contributed by atoms with Crippen LogP contribution in [-0.4, -0.2) is 18.3 Å². The Hall–Kier alpha value is -0.500. The number of rotatable bonds is 5. The Balaban J connectivity index is 3.43. The van der Waals surface area contributed by atoms with E-state index in [1.807, 2.05) is 26.0 Å². The first-order valence-electron chi connectivity index (χ1n) is 4.17. The van der Waals surface area contributed by atoms with E-state index < -0.39 is 0 Å². The molecular formula is C9H16ClNO. The number of alkyl halides is 1. The van der Waals surface area contributed by atoms with E-state index in [0.29, 0.717) is 12.4 Å². The van der Waals surface area contributed by atoms with Gasteiger partial charge in [-0.05, 0) is 13.3 Å². The summed E-state index contributed by atoms with van der Waals surface area (Å²) in [5.41, 5.74) is 0. The molecule has 0 aromatic carbocycles. The molecule has 3 heteroatoms. The molecule has 0 aliphatic heterocycles. The largest absolute Gasteiger partial charge is 0.356 e. The lowest BCUT2D eigenvalue weighted by Crippen LogP contribution is -2.30. The van der Waals surface area contributed by atoms with Crippen molar-refractivity contribution in [2.24, 2.45) is 5.92 Å². The highest BCUT2D eigenvalue weighted by molar-refractivity contribution is 6.19. The maximum atomic E-state index is 11.1. The number of hydrogen-bond acceptors (Lipinski definition) is 1. The van der Waals surface area contributed by atoms with E-state index in [1.54, 1.807) is 0 Å². The molecule has 1 amide bonds. The van der Waals surface area contributed by atoms with Crippen LogP contribution in [0.25, 0.3) is 0 Å². The summed E-state index contributed by atoms with van der Waals surface area (Å²) in [7, 11) is 0. The molecule has 12 heavy (non-hydrogen) atoms. The van der Waals surface area contributed by atoms with E-state index in [-0.39, 0.29) is 11.8 Å². The van der Waals surface area contributed by atoms with E-state index in [2.05, 4.69) is 5.32 Å². The summed E-state index contributed by atoms with van der Waals surface area (Å²) in [6.07, 6.45) is 4.88. The third-order valence-electron chi connectivity index (χ3n) is 1.52. The van der Waals surface area contributed by atoms with Crippen molar-refractivity contribution in [3.8, 4) is 0 Å². The molecule has 1 atom stereocenters. The molecule has 0 rings (SSSR count). The molecule has 1 N–H and O–H groups in total. The Kier molecular flexibility index (Phi) is 6.87. The van der Waals surface area contributed by atoms with E-state index in [4.69, 9.17) is 11.6 Å². The fraction of sp³-hybridized carbons (Fsp3) is 0.667. The van der Waals surface area contributed by atoms with Gasteiger partial charge in [0.2, 0.25) is 5.91 Å². The molecule has 0 aromatic rings. The lowest BCUT2D eigenvalue weighted by Gasteiger charge is -2.07. The van der Waals surface area contributed by atoms with Gasteiger partial charge in [0.1, 0.15) is 0 Å². The number of carbonyl (C=O) groups excluding carboxylic acids is 1. The molecule has 0 fully saturated rings. The first kappa shape index (κ1) is 11.5. The van der Waals surface area contributed by atoms with Crippen LogP contribution >= 0.6 is 11.6 Å². The lowest BCUT2D eigenvalue weighted by atomic mass is 10.2. The Morgan fingerprint density at radius 2 is 2.33 bits per heavy atom. The SMILES string of the molecule is C/C=C/CCNC(=O)C(C)CCl.